The molecule has 52 valence electrons. The molecule has 1 unspecified atom stereocenters. The third-order valence-electron chi connectivity index (χ3n) is 1.32. The molecular weight excluding hydrogens is 118 g/mol. The maximum Gasteiger partial charge on any atom is 0.222 e. The van der Waals surface area contributed by atoms with E-state index in [1.165, 1.54) is 0 Å². The third-order valence-corrected chi connectivity index (χ3v) is 1.32. The zero-order valence-electron chi connectivity index (χ0n) is 5.52. The Morgan fingerprint density at radius 2 is 2.67 bits per heavy atom. The second-order valence-electron chi connectivity index (χ2n) is 2.05. The van der Waals surface area contributed by atoms with Crippen LogP contribution in [0.4, 0.5) is 0 Å². The summed E-state index contributed by atoms with van der Waals surface area (Å²) >= 11 is 0. The predicted molar refractivity (Wildman–Crippen MR) is 32.8 cm³/mol. The van der Waals surface area contributed by atoms with Crippen LogP contribution in [0.15, 0.2) is 0 Å². The quantitative estimate of drug-likeness (QED) is 0.580. The number of rotatable bonds is 2. The lowest BCUT2D eigenvalue weighted by atomic mass is 10.3. The largest absolute Gasteiger partial charge is 0.359 e. The minimum atomic E-state index is -0.0116. The van der Waals surface area contributed by atoms with Gasteiger partial charge in [-0.1, -0.05) is 0 Å². The molecule has 0 aromatic heterocycles. The molecule has 1 amide bonds. The van der Waals surface area contributed by atoms with Crippen molar-refractivity contribution in [1.82, 2.24) is 5.32 Å². The highest BCUT2D eigenvalue weighted by Gasteiger charge is 2.19. The van der Waals surface area contributed by atoms with Gasteiger partial charge in [0.2, 0.25) is 5.91 Å². The van der Waals surface area contributed by atoms with Crippen LogP contribution in [-0.4, -0.2) is 18.7 Å². The van der Waals surface area contributed by atoms with Crippen molar-refractivity contribution in [2.24, 2.45) is 0 Å². The molecule has 0 spiro atoms. The Hall–Kier alpha value is -0.570. The molecular formula is C6H11NO2. The van der Waals surface area contributed by atoms with E-state index in [9.17, 15) is 4.79 Å². The van der Waals surface area contributed by atoms with Crippen molar-refractivity contribution < 1.29 is 9.53 Å². The van der Waals surface area contributed by atoms with E-state index in [2.05, 4.69) is 5.32 Å². The van der Waals surface area contributed by atoms with E-state index in [4.69, 9.17) is 4.74 Å². The summed E-state index contributed by atoms with van der Waals surface area (Å²) in [6, 6.07) is 0. The van der Waals surface area contributed by atoms with Crippen molar-refractivity contribution in [3.05, 3.63) is 0 Å². The summed E-state index contributed by atoms with van der Waals surface area (Å²) in [7, 11) is 0. The topological polar surface area (TPSA) is 38.3 Å². The predicted octanol–water partition coefficient (Wildman–Crippen LogP) is 0.259. The van der Waals surface area contributed by atoms with Gasteiger partial charge in [0.05, 0.1) is 0 Å². The molecule has 3 nitrogen and oxygen atoms in total. The molecule has 1 N–H and O–H groups in total. The van der Waals surface area contributed by atoms with Gasteiger partial charge in [0, 0.05) is 19.4 Å². The van der Waals surface area contributed by atoms with Crippen molar-refractivity contribution in [3.63, 3.8) is 0 Å². The van der Waals surface area contributed by atoms with E-state index < -0.39 is 0 Å². The van der Waals surface area contributed by atoms with Gasteiger partial charge in [-0.2, -0.15) is 0 Å². The molecule has 0 aliphatic carbocycles. The van der Waals surface area contributed by atoms with Gasteiger partial charge in [0.15, 0.2) is 0 Å². The SMILES string of the molecule is CCOC1CCC(=O)N1. The molecule has 0 bridgehead atoms. The molecule has 3 heteroatoms. The Morgan fingerprint density at radius 1 is 1.89 bits per heavy atom. The van der Waals surface area contributed by atoms with Gasteiger partial charge in [0.25, 0.3) is 0 Å². The van der Waals surface area contributed by atoms with Crippen LogP contribution in [0, 0.1) is 0 Å². The number of hydrogen-bond acceptors (Lipinski definition) is 2. The molecule has 9 heavy (non-hydrogen) atoms. The molecule has 0 radical (unpaired) electrons. The normalized spacial score (nSPS) is 26.3. The van der Waals surface area contributed by atoms with E-state index in [-0.39, 0.29) is 12.1 Å². The highest BCUT2D eigenvalue weighted by molar-refractivity contribution is 5.78. The highest BCUT2D eigenvalue weighted by atomic mass is 16.5. The summed E-state index contributed by atoms with van der Waals surface area (Å²) < 4.78 is 5.14. The van der Waals surface area contributed by atoms with Crippen molar-refractivity contribution in [3.8, 4) is 0 Å². The van der Waals surface area contributed by atoms with Crippen molar-refractivity contribution >= 4 is 5.91 Å². The highest BCUT2D eigenvalue weighted by Crippen LogP contribution is 2.06. The van der Waals surface area contributed by atoms with E-state index >= 15 is 0 Å². The van der Waals surface area contributed by atoms with Gasteiger partial charge in [-0.25, -0.2) is 0 Å². The fraction of sp³-hybridized carbons (Fsp3) is 0.833. The smallest absolute Gasteiger partial charge is 0.222 e. The molecule has 1 rings (SSSR count). The minimum absolute atomic E-state index is 0.0116. The Balaban J connectivity index is 2.22. The van der Waals surface area contributed by atoms with Crippen LogP contribution < -0.4 is 5.32 Å². The molecule has 0 aromatic rings. The third kappa shape index (κ3) is 1.68. The van der Waals surface area contributed by atoms with Crippen LogP contribution in [-0.2, 0) is 9.53 Å². The summed E-state index contributed by atoms with van der Waals surface area (Å²) in [5.41, 5.74) is 0. The average molecular weight is 129 g/mol. The summed E-state index contributed by atoms with van der Waals surface area (Å²) in [5, 5.41) is 2.69. The van der Waals surface area contributed by atoms with Crippen LogP contribution in [0.25, 0.3) is 0 Å². The molecule has 0 saturated carbocycles. The summed E-state index contributed by atoms with van der Waals surface area (Å²) in [4.78, 5) is 10.5. The first kappa shape index (κ1) is 6.55. The van der Waals surface area contributed by atoms with Crippen LogP contribution in [0.1, 0.15) is 19.8 Å². The first-order chi connectivity index (χ1) is 4.33. The van der Waals surface area contributed by atoms with Gasteiger partial charge in [-0.3, -0.25) is 4.79 Å². The van der Waals surface area contributed by atoms with E-state index in [1.54, 1.807) is 0 Å². The molecule has 0 aromatic carbocycles. The minimum Gasteiger partial charge on any atom is -0.359 e. The van der Waals surface area contributed by atoms with Crippen molar-refractivity contribution in [2.75, 3.05) is 6.61 Å². The molecule has 1 atom stereocenters. The maximum absolute atomic E-state index is 10.5. The maximum atomic E-state index is 10.5. The summed E-state index contributed by atoms with van der Waals surface area (Å²) in [5.74, 6) is 0.105. The van der Waals surface area contributed by atoms with Crippen molar-refractivity contribution in [2.45, 2.75) is 26.0 Å². The number of ether oxygens (including phenoxy) is 1. The number of carbonyl (C=O) groups is 1. The second-order valence-corrected chi connectivity index (χ2v) is 2.05. The average Bonchev–Trinajstić information content (AvgIpc) is 2.17. The molecule has 1 saturated heterocycles. The number of nitrogens with one attached hydrogen (secondary N) is 1. The lowest BCUT2D eigenvalue weighted by Gasteiger charge is -2.07. The Bertz CT molecular complexity index is 114. The lowest BCUT2D eigenvalue weighted by molar-refractivity contribution is -0.120. The standard InChI is InChI=1S/C6H11NO2/c1-2-9-6-4-3-5(8)7-6/h6H,2-4H2,1H3,(H,7,8). The Labute approximate surface area is 54.4 Å². The fourth-order valence-electron chi connectivity index (χ4n) is 0.912. The van der Waals surface area contributed by atoms with Gasteiger partial charge in [-0.15, -0.1) is 0 Å². The van der Waals surface area contributed by atoms with Crippen LogP contribution in [0.3, 0.4) is 0 Å². The molecule has 1 aliphatic heterocycles. The zero-order chi connectivity index (χ0) is 6.69. The van der Waals surface area contributed by atoms with Gasteiger partial charge in [0.1, 0.15) is 6.23 Å². The van der Waals surface area contributed by atoms with Gasteiger partial charge in [-0.05, 0) is 6.92 Å². The number of amides is 1. The monoisotopic (exact) mass is 129 g/mol. The van der Waals surface area contributed by atoms with Crippen molar-refractivity contribution in [1.29, 1.82) is 0 Å². The molecule has 1 fully saturated rings. The second kappa shape index (κ2) is 2.82. The molecule has 1 heterocycles. The first-order valence-corrected chi connectivity index (χ1v) is 3.24. The summed E-state index contributed by atoms with van der Waals surface area (Å²) in [6.07, 6.45) is 1.43. The lowest BCUT2D eigenvalue weighted by Crippen LogP contribution is -2.27. The van der Waals surface area contributed by atoms with Gasteiger partial charge >= 0.3 is 0 Å². The van der Waals surface area contributed by atoms with Crippen LogP contribution in [0.2, 0.25) is 0 Å². The summed E-state index contributed by atoms with van der Waals surface area (Å²) in [6.45, 7) is 2.59. The number of hydrogen-bond donors (Lipinski definition) is 1. The Morgan fingerprint density at radius 3 is 3.11 bits per heavy atom. The van der Waals surface area contributed by atoms with Crippen LogP contribution in [0.5, 0.6) is 0 Å². The Kier molecular flexibility index (Phi) is 2.05. The first-order valence-electron chi connectivity index (χ1n) is 3.24. The van der Waals surface area contributed by atoms with E-state index in [1.807, 2.05) is 6.92 Å². The fourth-order valence-corrected chi connectivity index (χ4v) is 0.912. The number of carbonyl (C=O) groups excluding carboxylic acids is 1. The molecule has 1 aliphatic rings. The van der Waals surface area contributed by atoms with Gasteiger partial charge < -0.3 is 10.1 Å². The zero-order valence-corrected chi connectivity index (χ0v) is 5.52. The van der Waals surface area contributed by atoms with E-state index in [0.717, 1.165) is 6.42 Å². The van der Waals surface area contributed by atoms with E-state index in [0.29, 0.717) is 13.0 Å². The van der Waals surface area contributed by atoms with Crippen LogP contribution >= 0.6 is 0 Å².